The van der Waals surface area contributed by atoms with E-state index in [0.717, 1.165) is 6.07 Å². The SMILES string of the molecule is O=C(Cn1cnc2nc(N3CCOCC3)sc2c1=O)Nc1ccc(F)cc1Cl. The molecule has 0 unspecified atom stereocenters. The summed E-state index contributed by atoms with van der Waals surface area (Å²) in [6.45, 7) is 2.38. The van der Waals surface area contributed by atoms with Gasteiger partial charge in [-0.2, -0.15) is 4.98 Å². The second-order valence-corrected chi connectivity index (χ2v) is 7.48. The molecule has 11 heteroatoms. The van der Waals surface area contributed by atoms with Crippen LogP contribution in [0.3, 0.4) is 0 Å². The monoisotopic (exact) mass is 423 g/mol. The molecule has 0 aliphatic carbocycles. The van der Waals surface area contributed by atoms with Crippen LogP contribution in [-0.2, 0) is 16.1 Å². The molecule has 4 rings (SSSR count). The normalized spacial score (nSPS) is 14.4. The standard InChI is InChI=1S/C17H15ClFN5O3S/c18-11-7-10(19)1-2-12(11)21-13(25)8-24-9-20-15-14(16(24)26)28-17(22-15)23-3-5-27-6-4-23/h1-2,7,9H,3-6,8H2,(H,21,25). The summed E-state index contributed by atoms with van der Waals surface area (Å²) in [6.07, 6.45) is 1.29. The Morgan fingerprint density at radius 1 is 1.36 bits per heavy atom. The van der Waals surface area contributed by atoms with E-state index in [9.17, 15) is 14.0 Å². The second-order valence-electron chi connectivity index (χ2n) is 6.10. The van der Waals surface area contributed by atoms with E-state index in [1.165, 1.54) is 34.4 Å². The molecule has 0 bridgehead atoms. The van der Waals surface area contributed by atoms with Crippen LogP contribution in [0.25, 0.3) is 10.3 Å². The summed E-state index contributed by atoms with van der Waals surface area (Å²) in [5.74, 6) is -0.982. The molecule has 1 aliphatic rings. The van der Waals surface area contributed by atoms with Crippen molar-refractivity contribution in [2.75, 3.05) is 36.5 Å². The first-order chi connectivity index (χ1) is 13.5. The lowest BCUT2D eigenvalue weighted by atomic mass is 10.3. The van der Waals surface area contributed by atoms with Gasteiger partial charge in [-0.25, -0.2) is 9.37 Å². The van der Waals surface area contributed by atoms with Gasteiger partial charge >= 0.3 is 0 Å². The van der Waals surface area contributed by atoms with Crippen LogP contribution in [-0.4, -0.2) is 46.7 Å². The van der Waals surface area contributed by atoms with Crippen molar-refractivity contribution < 1.29 is 13.9 Å². The number of hydrogen-bond acceptors (Lipinski definition) is 7. The molecule has 1 aliphatic heterocycles. The maximum absolute atomic E-state index is 13.1. The minimum atomic E-state index is -0.505. The molecule has 0 atom stereocenters. The van der Waals surface area contributed by atoms with Gasteiger partial charge in [0, 0.05) is 13.1 Å². The maximum Gasteiger partial charge on any atom is 0.273 e. The summed E-state index contributed by atoms with van der Waals surface area (Å²) in [7, 11) is 0. The van der Waals surface area contributed by atoms with Crippen LogP contribution in [0.15, 0.2) is 29.3 Å². The highest BCUT2D eigenvalue weighted by Gasteiger charge is 2.18. The van der Waals surface area contributed by atoms with Crippen LogP contribution in [0, 0.1) is 5.82 Å². The molecule has 146 valence electrons. The molecule has 0 saturated carbocycles. The molecule has 3 heterocycles. The highest BCUT2D eigenvalue weighted by Crippen LogP contribution is 2.26. The summed E-state index contributed by atoms with van der Waals surface area (Å²) in [4.78, 5) is 35.6. The highest BCUT2D eigenvalue weighted by molar-refractivity contribution is 7.22. The third kappa shape index (κ3) is 3.84. The first-order valence-electron chi connectivity index (χ1n) is 8.45. The summed E-state index contributed by atoms with van der Waals surface area (Å²) in [6, 6.07) is 3.64. The first kappa shape index (κ1) is 18.8. The predicted molar refractivity (Wildman–Crippen MR) is 105 cm³/mol. The highest BCUT2D eigenvalue weighted by atomic mass is 35.5. The molecule has 2 aromatic heterocycles. The molecule has 3 aromatic rings. The third-order valence-corrected chi connectivity index (χ3v) is 5.58. The zero-order chi connectivity index (χ0) is 19.7. The number of nitrogens with one attached hydrogen (secondary N) is 1. The Labute approximate surface area is 167 Å². The predicted octanol–water partition coefficient (Wildman–Crippen LogP) is 2.12. The molecule has 1 amide bonds. The largest absolute Gasteiger partial charge is 0.378 e. The molecule has 0 spiro atoms. The van der Waals surface area contributed by atoms with Crippen LogP contribution in [0.5, 0.6) is 0 Å². The van der Waals surface area contributed by atoms with Crippen LogP contribution >= 0.6 is 22.9 Å². The van der Waals surface area contributed by atoms with Gasteiger partial charge in [-0.15, -0.1) is 0 Å². The van der Waals surface area contributed by atoms with E-state index in [4.69, 9.17) is 16.3 Å². The van der Waals surface area contributed by atoms with Crippen molar-refractivity contribution in [2.45, 2.75) is 6.54 Å². The van der Waals surface area contributed by atoms with Gasteiger partial charge < -0.3 is 15.0 Å². The van der Waals surface area contributed by atoms with Crippen molar-refractivity contribution in [3.05, 3.63) is 45.7 Å². The van der Waals surface area contributed by atoms with Crippen LogP contribution in [0.4, 0.5) is 15.2 Å². The number of fused-ring (bicyclic) bond motifs is 1. The van der Waals surface area contributed by atoms with Crippen molar-refractivity contribution in [1.29, 1.82) is 0 Å². The van der Waals surface area contributed by atoms with E-state index in [0.29, 0.717) is 41.8 Å². The minimum absolute atomic E-state index is 0.0758. The van der Waals surface area contributed by atoms with Gasteiger partial charge in [0.05, 0.1) is 23.9 Å². The smallest absolute Gasteiger partial charge is 0.273 e. The van der Waals surface area contributed by atoms with E-state index >= 15 is 0 Å². The number of halogens is 2. The van der Waals surface area contributed by atoms with Crippen molar-refractivity contribution in [3.63, 3.8) is 0 Å². The van der Waals surface area contributed by atoms with E-state index in [1.54, 1.807) is 0 Å². The molecule has 28 heavy (non-hydrogen) atoms. The van der Waals surface area contributed by atoms with Gasteiger partial charge in [0.15, 0.2) is 10.8 Å². The van der Waals surface area contributed by atoms with Crippen LogP contribution < -0.4 is 15.8 Å². The number of amides is 1. The van der Waals surface area contributed by atoms with Gasteiger partial charge in [0.25, 0.3) is 5.56 Å². The van der Waals surface area contributed by atoms with E-state index in [2.05, 4.69) is 15.3 Å². The van der Waals surface area contributed by atoms with E-state index in [1.807, 2.05) is 4.90 Å². The molecule has 1 aromatic carbocycles. The second kappa shape index (κ2) is 7.82. The average molecular weight is 424 g/mol. The van der Waals surface area contributed by atoms with Gasteiger partial charge in [-0.3, -0.25) is 14.2 Å². The number of aromatic nitrogens is 3. The zero-order valence-corrected chi connectivity index (χ0v) is 16.1. The number of thiazole rings is 1. The number of nitrogens with zero attached hydrogens (tertiary/aromatic N) is 4. The fourth-order valence-corrected chi connectivity index (χ4v) is 4.01. The fraction of sp³-hybridized carbons (Fsp3) is 0.294. The molecule has 1 saturated heterocycles. The summed E-state index contributed by atoms with van der Waals surface area (Å²) < 4.78 is 20.0. The topological polar surface area (TPSA) is 89.3 Å². The Morgan fingerprint density at radius 2 is 2.14 bits per heavy atom. The maximum atomic E-state index is 13.1. The van der Waals surface area contributed by atoms with Gasteiger partial charge in [-0.05, 0) is 18.2 Å². The molecule has 1 fully saturated rings. The van der Waals surface area contributed by atoms with E-state index < -0.39 is 11.7 Å². The Balaban J connectivity index is 1.54. The number of anilines is 2. The number of ether oxygens (including phenoxy) is 1. The molecule has 1 N–H and O–H groups in total. The summed E-state index contributed by atoms with van der Waals surface area (Å²) in [5, 5.41) is 3.35. The van der Waals surface area contributed by atoms with Crippen molar-refractivity contribution >= 4 is 50.0 Å². The lowest BCUT2D eigenvalue weighted by molar-refractivity contribution is -0.116. The number of rotatable bonds is 4. The summed E-state index contributed by atoms with van der Waals surface area (Å²) in [5.41, 5.74) is 0.277. The van der Waals surface area contributed by atoms with Gasteiger partial charge in [0.1, 0.15) is 23.4 Å². The van der Waals surface area contributed by atoms with Crippen LogP contribution in [0.2, 0.25) is 5.02 Å². The van der Waals surface area contributed by atoms with Gasteiger partial charge in [-0.1, -0.05) is 22.9 Å². The Kier molecular flexibility index (Phi) is 5.25. The molecular weight excluding hydrogens is 409 g/mol. The number of benzene rings is 1. The molecule has 0 radical (unpaired) electrons. The zero-order valence-electron chi connectivity index (χ0n) is 14.5. The Morgan fingerprint density at radius 3 is 2.89 bits per heavy atom. The minimum Gasteiger partial charge on any atom is -0.378 e. The van der Waals surface area contributed by atoms with Gasteiger partial charge in [0.2, 0.25) is 5.91 Å². The van der Waals surface area contributed by atoms with Crippen LogP contribution in [0.1, 0.15) is 0 Å². The van der Waals surface area contributed by atoms with Crippen molar-refractivity contribution in [3.8, 4) is 0 Å². The van der Waals surface area contributed by atoms with Crippen molar-refractivity contribution in [2.24, 2.45) is 0 Å². The Hall–Kier alpha value is -2.56. The lowest BCUT2D eigenvalue weighted by Gasteiger charge is -2.25. The summed E-state index contributed by atoms with van der Waals surface area (Å²) >= 11 is 7.16. The quantitative estimate of drug-likeness (QED) is 0.691. The lowest BCUT2D eigenvalue weighted by Crippen LogP contribution is -2.36. The molecule has 8 nitrogen and oxygen atoms in total. The van der Waals surface area contributed by atoms with Crippen molar-refractivity contribution in [1.82, 2.24) is 14.5 Å². The fourth-order valence-electron chi connectivity index (χ4n) is 2.77. The Bertz CT molecular complexity index is 1100. The number of hydrogen-bond donors (Lipinski definition) is 1. The first-order valence-corrected chi connectivity index (χ1v) is 9.64. The number of morpholine rings is 1. The molecular formula is C17H15ClFN5O3S. The average Bonchev–Trinajstić information content (AvgIpc) is 3.12. The van der Waals surface area contributed by atoms with E-state index in [-0.39, 0.29) is 22.8 Å². The number of carbonyl (C=O) groups is 1. The number of carbonyl (C=O) groups excluding carboxylic acids is 1. The third-order valence-electron chi connectivity index (χ3n) is 4.17.